The van der Waals surface area contributed by atoms with Crippen molar-refractivity contribution in [2.24, 2.45) is 12.2 Å². The third-order valence-electron chi connectivity index (χ3n) is 2.99. The van der Waals surface area contributed by atoms with Crippen LogP contribution in [0.25, 0.3) is 0 Å². The number of para-hydroxylation sites is 1. The molecule has 0 radical (unpaired) electrons. The normalized spacial score (nSPS) is 11.6. The molecule has 0 aliphatic heterocycles. The maximum atomic E-state index is 11.5. The number of nitrogens with two attached hydrogens (primary N) is 1. The predicted octanol–water partition coefficient (Wildman–Crippen LogP) is 1.24. The molecule has 0 aliphatic rings. The van der Waals surface area contributed by atoms with Crippen molar-refractivity contribution in [2.45, 2.75) is 24.8 Å². The number of anilines is 1. The Balaban J connectivity index is 2.23. The molecule has 0 fully saturated rings. The molecule has 6 nitrogen and oxygen atoms in total. The Labute approximate surface area is 118 Å². The van der Waals surface area contributed by atoms with Crippen molar-refractivity contribution in [1.29, 1.82) is 0 Å². The molecule has 20 heavy (non-hydrogen) atoms. The van der Waals surface area contributed by atoms with Gasteiger partial charge < -0.3 is 5.32 Å². The number of nitrogens with one attached hydrogen (secondary N) is 1. The van der Waals surface area contributed by atoms with Gasteiger partial charge in [0.1, 0.15) is 4.90 Å². The van der Waals surface area contributed by atoms with Gasteiger partial charge in [-0.3, -0.25) is 4.68 Å². The first kappa shape index (κ1) is 14.5. The van der Waals surface area contributed by atoms with Crippen LogP contribution in [0.1, 0.15) is 18.2 Å². The van der Waals surface area contributed by atoms with Crippen molar-refractivity contribution in [3.8, 4) is 0 Å². The molecule has 2 aromatic rings. The van der Waals surface area contributed by atoms with Crippen LogP contribution in [0.15, 0.2) is 35.4 Å². The summed E-state index contributed by atoms with van der Waals surface area (Å²) in [5, 5.41) is 12.7. The van der Waals surface area contributed by atoms with E-state index in [4.69, 9.17) is 5.14 Å². The lowest BCUT2D eigenvalue weighted by atomic mass is 10.2. The summed E-state index contributed by atoms with van der Waals surface area (Å²) in [5.41, 5.74) is 2.54. The van der Waals surface area contributed by atoms with Crippen LogP contribution in [0.2, 0.25) is 0 Å². The Morgan fingerprint density at radius 3 is 2.70 bits per heavy atom. The van der Waals surface area contributed by atoms with Gasteiger partial charge in [0.25, 0.3) is 0 Å². The van der Waals surface area contributed by atoms with Gasteiger partial charge >= 0.3 is 0 Å². The average Bonchev–Trinajstić information content (AvgIpc) is 2.76. The molecule has 1 aromatic heterocycles. The topological polar surface area (TPSA) is 90.0 Å². The van der Waals surface area contributed by atoms with Gasteiger partial charge in [-0.2, -0.15) is 5.10 Å². The molecular formula is C13H18N4O2S. The van der Waals surface area contributed by atoms with Crippen LogP contribution in [0.3, 0.4) is 0 Å². The predicted molar refractivity (Wildman–Crippen MR) is 77.7 cm³/mol. The molecule has 0 bridgehead atoms. The van der Waals surface area contributed by atoms with Crippen LogP contribution >= 0.6 is 0 Å². The molecule has 0 saturated heterocycles. The number of rotatable bonds is 5. The Hall–Kier alpha value is -1.86. The maximum absolute atomic E-state index is 11.5. The molecule has 2 rings (SSSR count). The third-order valence-corrected chi connectivity index (χ3v) is 3.96. The molecule has 3 N–H and O–H groups in total. The van der Waals surface area contributed by atoms with E-state index in [2.05, 4.69) is 10.4 Å². The lowest BCUT2D eigenvalue weighted by Gasteiger charge is -2.10. The van der Waals surface area contributed by atoms with E-state index in [9.17, 15) is 8.42 Å². The minimum absolute atomic E-state index is 0.0990. The summed E-state index contributed by atoms with van der Waals surface area (Å²) >= 11 is 0. The fourth-order valence-electron chi connectivity index (χ4n) is 2.08. The van der Waals surface area contributed by atoms with Crippen molar-refractivity contribution >= 4 is 15.7 Å². The van der Waals surface area contributed by atoms with Crippen LogP contribution in [-0.4, -0.2) is 18.2 Å². The minimum atomic E-state index is -3.73. The lowest BCUT2D eigenvalue weighted by Crippen LogP contribution is -2.15. The summed E-state index contributed by atoms with van der Waals surface area (Å²) < 4.78 is 24.8. The Morgan fingerprint density at radius 1 is 1.35 bits per heavy atom. The van der Waals surface area contributed by atoms with Gasteiger partial charge in [0.15, 0.2) is 0 Å². The highest BCUT2D eigenvalue weighted by Crippen LogP contribution is 2.20. The van der Waals surface area contributed by atoms with Gasteiger partial charge in [-0.05, 0) is 18.6 Å². The van der Waals surface area contributed by atoms with Crippen molar-refractivity contribution in [1.82, 2.24) is 9.78 Å². The average molecular weight is 294 g/mol. The Bertz CT molecular complexity index is 707. The van der Waals surface area contributed by atoms with Gasteiger partial charge in [-0.1, -0.05) is 19.1 Å². The summed E-state index contributed by atoms with van der Waals surface area (Å²) in [6, 6.07) is 6.59. The van der Waals surface area contributed by atoms with Crippen molar-refractivity contribution in [2.75, 3.05) is 5.32 Å². The molecule has 1 aromatic carbocycles. The van der Waals surface area contributed by atoms with E-state index in [1.165, 1.54) is 6.07 Å². The third kappa shape index (κ3) is 3.17. The van der Waals surface area contributed by atoms with Gasteiger partial charge in [-0.15, -0.1) is 0 Å². The molecule has 0 spiro atoms. The lowest BCUT2D eigenvalue weighted by molar-refractivity contribution is 0.598. The zero-order valence-electron chi connectivity index (χ0n) is 11.5. The SMILES string of the molecule is CCc1nn(C)cc1CNc1ccccc1S(N)(=O)=O. The number of hydrogen-bond acceptors (Lipinski definition) is 4. The van der Waals surface area contributed by atoms with Gasteiger partial charge in [0.2, 0.25) is 10.0 Å². The highest BCUT2D eigenvalue weighted by atomic mass is 32.2. The first-order chi connectivity index (χ1) is 9.41. The monoisotopic (exact) mass is 294 g/mol. The zero-order chi connectivity index (χ0) is 14.8. The summed E-state index contributed by atoms with van der Waals surface area (Å²) in [7, 11) is -1.87. The second-order valence-electron chi connectivity index (χ2n) is 4.52. The van der Waals surface area contributed by atoms with Crippen LogP contribution < -0.4 is 10.5 Å². The van der Waals surface area contributed by atoms with Crippen molar-refractivity contribution in [3.05, 3.63) is 41.7 Å². The van der Waals surface area contributed by atoms with Crippen LogP contribution in [0.5, 0.6) is 0 Å². The van der Waals surface area contributed by atoms with Crippen molar-refractivity contribution in [3.63, 3.8) is 0 Å². The summed E-state index contributed by atoms with van der Waals surface area (Å²) in [6.07, 6.45) is 2.75. The molecule has 1 heterocycles. The van der Waals surface area contributed by atoms with E-state index in [1.54, 1.807) is 22.9 Å². The molecule has 0 aliphatic carbocycles. The largest absolute Gasteiger partial charge is 0.380 e. The fourth-order valence-corrected chi connectivity index (χ4v) is 2.80. The molecule has 0 saturated carbocycles. The molecule has 108 valence electrons. The van der Waals surface area contributed by atoms with E-state index >= 15 is 0 Å². The van der Waals surface area contributed by atoms with E-state index < -0.39 is 10.0 Å². The summed E-state index contributed by atoms with van der Waals surface area (Å²) in [6.45, 7) is 2.54. The van der Waals surface area contributed by atoms with Crippen LogP contribution in [0.4, 0.5) is 5.69 Å². The van der Waals surface area contributed by atoms with Crippen LogP contribution in [-0.2, 0) is 30.0 Å². The molecular weight excluding hydrogens is 276 g/mol. The van der Waals surface area contributed by atoms with Gasteiger partial charge in [0, 0.05) is 25.4 Å². The van der Waals surface area contributed by atoms with Crippen molar-refractivity contribution < 1.29 is 8.42 Å². The fraction of sp³-hybridized carbons (Fsp3) is 0.308. The minimum Gasteiger partial charge on any atom is -0.380 e. The van der Waals surface area contributed by atoms with Gasteiger partial charge in [0.05, 0.1) is 11.4 Å². The highest BCUT2D eigenvalue weighted by molar-refractivity contribution is 7.89. The van der Waals surface area contributed by atoms with Crippen LogP contribution in [0, 0.1) is 0 Å². The first-order valence-corrected chi connectivity index (χ1v) is 7.83. The molecule has 0 amide bonds. The second-order valence-corrected chi connectivity index (χ2v) is 6.05. The number of nitrogens with zero attached hydrogens (tertiary/aromatic N) is 2. The number of aromatic nitrogens is 2. The number of sulfonamides is 1. The summed E-state index contributed by atoms with van der Waals surface area (Å²) in [4.78, 5) is 0.0990. The molecule has 0 atom stereocenters. The summed E-state index contributed by atoms with van der Waals surface area (Å²) in [5.74, 6) is 0. The number of primary sulfonamides is 1. The number of hydrogen-bond donors (Lipinski definition) is 2. The van der Waals surface area contributed by atoms with E-state index in [1.807, 2.05) is 20.2 Å². The number of benzene rings is 1. The standard InChI is InChI=1S/C13H18N4O2S/c1-3-11-10(9-17(2)16-11)8-15-12-6-4-5-7-13(12)20(14,18)19/h4-7,9,15H,3,8H2,1-2H3,(H2,14,18,19). The molecule has 7 heteroatoms. The van der Waals surface area contributed by atoms with E-state index in [0.717, 1.165) is 17.7 Å². The Kier molecular flexibility index (Phi) is 4.10. The zero-order valence-corrected chi connectivity index (χ0v) is 12.3. The highest BCUT2D eigenvalue weighted by Gasteiger charge is 2.13. The number of aryl methyl sites for hydroxylation is 2. The molecule has 0 unspecified atom stereocenters. The maximum Gasteiger partial charge on any atom is 0.240 e. The van der Waals surface area contributed by atoms with E-state index in [0.29, 0.717) is 12.2 Å². The van der Waals surface area contributed by atoms with E-state index in [-0.39, 0.29) is 4.90 Å². The first-order valence-electron chi connectivity index (χ1n) is 6.29. The quantitative estimate of drug-likeness (QED) is 0.868. The van der Waals surface area contributed by atoms with Gasteiger partial charge in [-0.25, -0.2) is 13.6 Å². The smallest absolute Gasteiger partial charge is 0.240 e. The second kappa shape index (κ2) is 5.64. The Morgan fingerprint density at radius 2 is 2.05 bits per heavy atom.